The van der Waals surface area contributed by atoms with Crippen LogP contribution in [0.1, 0.15) is 36.0 Å². The van der Waals surface area contributed by atoms with Crippen molar-refractivity contribution < 1.29 is 4.79 Å². The summed E-state index contributed by atoms with van der Waals surface area (Å²) < 4.78 is 0. The van der Waals surface area contributed by atoms with Crippen LogP contribution in [0.3, 0.4) is 0 Å². The lowest BCUT2D eigenvalue weighted by Crippen LogP contribution is -2.01. The van der Waals surface area contributed by atoms with Gasteiger partial charge in [0.15, 0.2) is 5.78 Å². The monoisotopic (exact) mass is 225 g/mol. The highest BCUT2D eigenvalue weighted by Gasteiger charge is 2.22. The van der Waals surface area contributed by atoms with Crippen LogP contribution in [0.4, 0.5) is 0 Å². The number of fused-ring (bicyclic) bond motifs is 1. The topological polar surface area (TPSA) is 30.0 Å². The van der Waals surface area contributed by atoms with Gasteiger partial charge in [-0.3, -0.25) is 9.78 Å². The number of benzene rings is 1. The van der Waals surface area contributed by atoms with E-state index >= 15 is 0 Å². The summed E-state index contributed by atoms with van der Waals surface area (Å²) in [5.41, 5.74) is 1.62. The Labute approximate surface area is 101 Å². The first-order valence-corrected chi connectivity index (χ1v) is 6.21. The quantitative estimate of drug-likeness (QED) is 0.744. The van der Waals surface area contributed by atoms with Crippen molar-refractivity contribution in [1.29, 1.82) is 0 Å². The van der Waals surface area contributed by atoms with Crippen molar-refractivity contribution in [2.75, 3.05) is 0 Å². The Morgan fingerprint density at radius 3 is 2.88 bits per heavy atom. The Morgan fingerprint density at radius 1 is 1.24 bits per heavy atom. The van der Waals surface area contributed by atoms with Crippen LogP contribution in [0.2, 0.25) is 0 Å². The van der Waals surface area contributed by atoms with Gasteiger partial charge >= 0.3 is 0 Å². The van der Waals surface area contributed by atoms with E-state index in [9.17, 15) is 4.79 Å². The van der Waals surface area contributed by atoms with Crippen LogP contribution in [-0.2, 0) is 0 Å². The van der Waals surface area contributed by atoms with Gasteiger partial charge in [-0.25, -0.2) is 0 Å². The molecule has 0 atom stereocenters. The number of rotatable bonds is 4. The zero-order valence-electron chi connectivity index (χ0n) is 9.73. The number of carbonyl (C=O) groups excluding carboxylic acids is 1. The van der Waals surface area contributed by atoms with E-state index < -0.39 is 0 Å². The van der Waals surface area contributed by atoms with Gasteiger partial charge < -0.3 is 0 Å². The summed E-state index contributed by atoms with van der Waals surface area (Å²) in [7, 11) is 0. The third kappa shape index (κ3) is 2.21. The fraction of sp³-hybridized carbons (Fsp3) is 0.333. The first kappa shape index (κ1) is 10.5. The second kappa shape index (κ2) is 4.28. The first-order valence-electron chi connectivity index (χ1n) is 6.21. The van der Waals surface area contributed by atoms with E-state index in [1.165, 1.54) is 12.8 Å². The maximum Gasteiger partial charge on any atom is 0.165 e. The molecule has 1 aliphatic rings. The highest BCUT2D eigenvalue weighted by molar-refractivity contribution is 6.06. The highest BCUT2D eigenvalue weighted by atomic mass is 16.1. The minimum absolute atomic E-state index is 0.237. The molecular formula is C15H15NO. The van der Waals surface area contributed by atoms with Gasteiger partial charge in [-0.15, -0.1) is 0 Å². The molecule has 1 aromatic carbocycles. The van der Waals surface area contributed by atoms with Gasteiger partial charge in [0.1, 0.15) is 0 Å². The van der Waals surface area contributed by atoms with Gasteiger partial charge in [0, 0.05) is 23.6 Å². The molecule has 1 aliphatic carbocycles. The SMILES string of the molecule is O=C(CCC1CC1)c1cccc2cccnc12. The normalized spacial score (nSPS) is 15.1. The van der Waals surface area contributed by atoms with Crippen molar-refractivity contribution in [3.63, 3.8) is 0 Å². The second-order valence-electron chi connectivity index (χ2n) is 4.79. The third-order valence-electron chi connectivity index (χ3n) is 3.41. The molecule has 0 bridgehead atoms. The summed E-state index contributed by atoms with van der Waals surface area (Å²) in [6, 6.07) is 9.74. The van der Waals surface area contributed by atoms with Gasteiger partial charge in [-0.2, -0.15) is 0 Å². The van der Waals surface area contributed by atoms with Crippen LogP contribution in [0.5, 0.6) is 0 Å². The summed E-state index contributed by atoms with van der Waals surface area (Å²) in [6.45, 7) is 0. The Morgan fingerprint density at radius 2 is 2.06 bits per heavy atom. The van der Waals surface area contributed by atoms with Crippen molar-refractivity contribution in [2.24, 2.45) is 5.92 Å². The minimum atomic E-state index is 0.237. The van der Waals surface area contributed by atoms with Gasteiger partial charge in [-0.05, 0) is 24.5 Å². The molecule has 1 heterocycles. The summed E-state index contributed by atoms with van der Waals surface area (Å²) in [5.74, 6) is 1.04. The fourth-order valence-corrected chi connectivity index (χ4v) is 2.21. The number of aromatic nitrogens is 1. The number of para-hydroxylation sites is 1. The summed E-state index contributed by atoms with van der Waals surface area (Å²) in [6.07, 6.45) is 6.07. The molecule has 3 rings (SSSR count). The van der Waals surface area contributed by atoms with Crippen molar-refractivity contribution in [2.45, 2.75) is 25.7 Å². The molecule has 1 aromatic heterocycles. The van der Waals surface area contributed by atoms with E-state index in [0.29, 0.717) is 6.42 Å². The zero-order valence-corrected chi connectivity index (χ0v) is 9.73. The molecular weight excluding hydrogens is 210 g/mol. The number of hydrogen-bond donors (Lipinski definition) is 0. The summed E-state index contributed by atoms with van der Waals surface area (Å²) in [4.78, 5) is 16.5. The summed E-state index contributed by atoms with van der Waals surface area (Å²) >= 11 is 0. The highest BCUT2D eigenvalue weighted by Crippen LogP contribution is 2.34. The molecule has 1 fully saturated rings. The Hall–Kier alpha value is -1.70. The number of nitrogens with zero attached hydrogens (tertiary/aromatic N) is 1. The van der Waals surface area contributed by atoms with Crippen molar-refractivity contribution in [1.82, 2.24) is 4.98 Å². The van der Waals surface area contributed by atoms with E-state index in [1.807, 2.05) is 30.3 Å². The standard InChI is InChI=1S/C15H15NO/c17-14(9-8-11-6-7-11)13-5-1-3-12-4-2-10-16-15(12)13/h1-5,10-11H,6-9H2. The van der Waals surface area contributed by atoms with E-state index in [-0.39, 0.29) is 5.78 Å². The zero-order chi connectivity index (χ0) is 11.7. The molecule has 1 saturated carbocycles. The molecule has 0 amide bonds. The average molecular weight is 225 g/mol. The van der Waals surface area contributed by atoms with Crippen LogP contribution in [0.25, 0.3) is 10.9 Å². The van der Waals surface area contributed by atoms with Gasteiger partial charge in [0.25, 0.3) is 0 Å². The smallest absolute Gasteiger partial charge is 0.165 e. The molecule has 0 saturated heterocycles. The molecule has 0 unspecified atom stereocenters. The number of carbonyl (C=O) groups is 1. The van der Waals surface area contributed by atoms with E-state index in [2.05, 4.69) is 4.98 Å². The Kier molecular flexibility index (Phi) is 2.63. The van der Waals surface area contributed by atoms with Crippen LogP contribution < -0.4 is 0 Å². The molecule has 0 spiro atoms. The number of pyridine rings is 1. The molecule has 2 heteroatoms. The van der Waals surface area contributed by atoms with Crippen LogP contribution >= 0.6 is 0 Å². The lowest BCUT2D eigenvalue weighted by Gasteiger charge is -2.04. The maximum atomic E-state index is 12.2. The predicted molar refractivity (Wildman–Crippen MR) is 68.0 cm³/mol. The molecule has 0 radical (unpaired) electrons. The Balaban J connectivity index is 1.89. The van der Waals surface area contributed by atoms with Crippen molar-refractivity contribution in [3.8, 4) is 0 Å². The van der Waals surface area contributed by atoms with Gasteiger partial charge in [0.2, 0.25) is 0 Å². The number of Topliss-reactive ketones (excluding diaryl/α,β-unsaturated/α-hetero) is 1. The number of ketones is 1. The number of hydrogen-bond acceptors (Lipinski definition) is 2. The molecule has 17 heavy (non-hydrogen) atoms. The molecule has 0 N–H and O–H groups in total. The van der Waals surface area contributed by atoms with Crippen LogP contribution in [0, 0.1) is 5.92 Å². The molecule has 86 valence electrons. The lowest BCUT2D eigenvalue weighted by atomic mass is 10.0. The van der Waals surface area contributed by atoms with E-state index in [1.54, 1.807) is 6.20 Å². The van der Waals surface area contributed by atoms with Crippen LogP contribution in [-0.4, -0.2) is 10.8 Å². The maximum absolute atomic E-state index is 12.2. The lowest BCUT2D eigenvalue weighted by molar-refractivity contribution is 0.0979. The molecule has 0 aliphatic heterocycles. The first-order chi connectivity index (χ1) is 8.34. The van der Waals surface area contributed by atoms with Crippen molar-refractivity contribution in [3.05, 3.63) is 42.1 Å². The third-order valence-corrected chi connectivity index (χ3v) is 3.41. The van der Waals surface area contributed by atoms with E-state index in [0.717, 1.165) is 28.8 Å². The fourth-order valence-electron chi connectivity index (χ4n) is 2.21. The molecule has 2 nitrogen and oxygen atoms in total. The van der Waals surface area contributed by atoms with Crippen molar-refractivity contribution >= 4 is 16.7 Å². The predicted octanol–water partition coefficient (Wildman–Crippen LogP) is 3.61. The van der Waals surface area contributed by atoms with Gasteiger partial charge in [-0.1, -0.05) is 31.0 Å². The van der Waals surface area contributed by atoms with E-state index in [4.69, 9.17) is 0 Å². The van der Waals surface area contributed by atoms with Gasteiger partial charge in [0.05, 0.1) is 5.52 Å². The minimum Gasteiger partial charge on any atom is -0.294 e. The summed E-state index contributed by atoms with van der Waals surface area (Å²) in [5, 5.41) is 1.05. The molecule has 2 aromatic rings. The Bertz CT molecular complexity index is 552. The second-order valence-corrected chi connectivity index (χ2v) is 4.79. The van der Waals surface area contributed by atoms with Crippen LogP contribution in [0.15, 0.2) is 36.5 Å². The average Bonchev–Trinajstić information content (AvgIpc) is 3.19. The largest absolute Gasteiger partial charge is 0.294 e.